The Labute approximate surface area is 193 Å². The van der Waals surface area contributed by atoms with Crippen LogP contribution in [0.15, 0.2) is 0 Å². The van der Waals surface area contributed by atoms with E-state index in [0.29, 0.717) is 31.0 Å². The maximum Gasteiger partial charge on any atom is 0.409 e. The first-order valence-corrected chi connectivity index (χ1v) is 12.7. The van der Waals surface area contributed by atoms with Crippen molar-refractivity contribution in [2.45, 2.75) is 99.8 Å². The van der Waals surface area contributed by atoms with Gasteiger partial charge >= 0.3 is 6.18 Å². The summed E-state index contributed by atoms with van der Waals surface area (Å²) in [7, 11) is 1.36. The SMILES string of the molecule is CN(C(=O)C1CC1)[C@@H](C1CCC(N2CCCC3C2CNC2CC(Cl)NN23)CC1)C(F)(F)F. The van der Waals surface area contributed by atoms with Crippen LogP contribution in [0.2, 0.25) is 0 Å². The summed E-state index contributed by atoms with van der Waals surface area (Å²) in [5.74, 6) is -1.03. The van der Waals surface area contributed by atoms with Crippen LogP contribution in [0.3, 0.4) is 0 Å². The van der Waals surface area contributed by atoms with Gasteiger partial charge in [-0.1, -0.05) is 0 Å². The number of hydrogen-bond acceptors (Lipinski definition) is 5. The van der Waals surface area contributed by atoms with Crippen molar-refractivity contribution in [3.8, 4) is 0 Å². The third-order valence-electron chi connectivity index (χ3n) is 8.45. The predicted octanol–water partition coefficient (Wildman–Crippen LogP) is 2.88. The van der Waals surface area contributed by atoms with E-state index in [1.54, 1.807) is 0 Å². The number of hydrogen-bond donors (Lipinski definition) is 2. The molecule has 0 aromatic heterocycles. The van der Waals surface area contributed by atoms with Crippen LogP contribution in [0.5, 0.6) is 0 Å². The first-order chi connectivity index (χ1) is 15.2. The van der Waals surface area contributed by atoms with Gasteiger partial charge in [-0.3, -0.25) is 15.0 Å². The zero-order valence-corrected chi connectivity index (χ0v) is 19.4. The number of nitrogens with one attached hydrogen (secondary N) is 2. The van der Waals surface area contributed by atoms with Crippen molar-refractivity contribution in [3.05, 3.63) is 0 Å². The van der Waals surface area contributed by atoms with Crippen LogP contribution < -0.4 is 10.7 Å². The molecule has 1 amide bonds. The number of hydrazine groups is 1. The van der Waals surface area contributed by atoms with E-state index < -0.39 is 18.1 Å². The van der Waals surface area contributed by atoms with Crippen molar-refractivity contribution in [1.29, 1.82) is 0 Å². The highest BCUT2D eigenvalue weighted by molar-refractivity contribution is 6.20. The normalized spacial score (nSPS) is 39.9. The van der Waals surface area contributed by atoms with Gasteiger partial charge < -0.3 is 4.90 Å². The van der Waals surface area contributed by atoms with E-state index in [1.165, 1.54) is 7.05 Å². The van der Waals surface area contributed by atoms with Crippen LogP contribution in [-0.2, 0) is 4.79 Å². The van der Waals surface area contributed by atoms with E-state index in [4.69, 9.17) is 11.6 Å². The highest BCUT2D eigenvalue weighted by atomic mass is 35.5. The standard InChI is InChI=1S/C22H35ClF3N5O/c1-29(21(32)14-4-5-14)20(22(24,25)26)13-6-8-15(9-7-13)30-10-2-3-16-17(30)12-27-19-11-18(23)28-31(16)19/h13-20,27-28H,2-12H2,1H3/t13?,15?,16?,17?,18?,19?,20-/m0/s1. The molecule has 5 aliphatic rings. The maximum absolute atomic E-state index is 14.0. The van der Waals surface area contributed by atoms with Gasteiger partial charge in [0.05, 0.1) is 11.7 Å². The van der Waals surface area contributed by atoms with E-state index in [9.17, 15) is 18.0 Å². The number of nitrogens with zero attached hydrogens (tertiary/aromatic N) is 3. The average Bonchev–Trinajstić information content (AvgIpc) is 3.53. The second-order valence-electron chi connectivity index (χ2n) is 10.5. The number of amides is 1. The Morgan fingerprint density at radius 2 is 1.81 bits per heavy atom. The molecule has 32 heavy (non-hydrogen) atoms. The minimum absolute atomic E-state index is 0.0493. The molecule has 5 atom stereocenters. The van der Waals surface area contributed by atoms with Crippen molar-refractivity contribution in [3.63, 3.8) is 0 Å². The Bertz CT molecular complexity index is 700. The van der Waals surface area contributed by atoms with Gasteiger partial charge in [-0.2, -0.15) is 13.2 Å². The lowest BCUT2D eigenvalue weighted by atomic mass is 9.78. The number of fused-ring (bicyclic) bond motifs is 3. The molecule has 5 rings (SSSR count). The summed E-state index contributed by atoms with van der Waals surface area (Å²) in [6.45, 7) is 1.91. The molecule has 10 heteroatoms. The van der Waals surface area contributed by atoms with Gasteiger partial charge in [-0.25, -0.2) is 10.4 Å². The second-order valence-corrected chi connectivity index (χ2v) is 11.0. The average molecular weight is 478 g/mol. The van der Waals surface area contributed by atoms with Crippen LogP contribution in [0.4, 0.5) is 13.2 Å². The molecule has 0 bridgehead atoms. The highest BCUT2D eigenvalue weighted by Gasteiger charge is 2.52. The molecular formula is C22H35ClF3N5O. The van der Waals surface area contributed by atoms with E-state index in [2.05, 4.69) is 20.7 Å². The van der Waals surface area contributed by atoms with E-state index in [-0.39, 0.29) is 23.5 Å². The van der Waals surface area contributed by atoms with Crippen LogP contribution in [0.25, 0.3) is 0 Å². The fraction of sp³-hybridized carbons (Fsp3) is 0.955. The molecule has 5 fully saturated rings. The maximum atomic E-state index is 14.0. The van der Waals surface area contributed by atoms with Crippen molar-refractivity contribution < 1.29 is 18.0 Å². The van der Waals surface area contributed by atoms with E-state index in [1.807, 2.05) is 0 Å². The number of carbonyl (C=O) groups excluding carboxylic acids is 1. The minimum Gasteiger partial charge on any atom is -0.333 e. The number of halogens is 4. The highest BCUT2D eigenvalue weighted by Crippen LogP contribution is 2.42. The van der Waals surface area contributed by atoms with E-state index >= 15 is 0 Å². The van der Waals surface area contributed by atoms with Crippen LogP contribution in [-0.4, -0.2) is 82.9 Å². The fourth-order valence-corrected chi connectivity index (χ4v) is 7.06. The van der Waals surface area contributed by atoms with Gasteiger partial charge in [0.15, 0.2) is 0 Å². The summed E-state index contributed by atoms with van der Waals surface area (Å²) in [4.78, 5) is 16.0. The lowest BCUT2D eigenvalue weighted by molar-refractivity contribution is -0.202. The summed E-state index contributed by atoms with van der Waals surface area (Å²) in [5.41, 5.74) is 3.35. The third kappa shape index (κ3) is 4.40. The molecule has 0 aromatic carbocycles. The monoisotopic (exact) mass is 477 g/mol. The molecule has 2 saturated carbocycles. The Morgan fingerprint density at radius 3 is 2.47 bits per heavy atom. The molecule has 4 unspecified atom stereocenters. The molecule has 182 valence electrons. The number of alkyl halides is 4. The summed E-state index contributed by atoms with van der Waals surface area (Å²) in [6.07, 6.45) is 3.00. The first-order valence-electron chi connectivity index (χ1n) is 12.2. The third-order valence-corrected chi connectivity index (χ3v) is 8.72. The van der Waals surface area contributed by atoms with Crippen LogP contribution in [0.1, 0.15) is 57.8 Å². The lowest BCUT2D eigenvalue weighted by Crippen LogP contribution is -2.70. The largest absolute Gasteiger partial charge is 0.409 e. The zero-order chi connectivity index (χ0) is 22.6. The molecular weight excluding hydrogens is 443 g/mol. The van der Waals surface area contributed by atoms with E-state index in [0.717, 1.165) is 62.9 Å². The number of carbonyl (C=O) groups is 1. The summed E-state index contributed by atoms with van der Waals surface area (Å²) in [6, 6.07) is -0.599. The molecule has 3 saturated heterocycles. The molecule has 0 spiro atoms. The van der Waals surface area contributed by atoms with Crippen LogP contribution in [0, 0.1) is 11.8 Å². The summed E-state index contributed by atoms with van der Waals surface area (Å²) >= 11 is 6.33. The number of rotatable bonds is 4. The summed E-state index contributed by atoms with van der Waals surface area (Å²) < 4.78 is 42.0. The van der Waals surface area contributed by atoms with Gasteiger partial charge in [0.2, 0.25) is 5.91 Å². The minimum atomic E-state index is -4.38. The topological polar surface area (TPSA) is 50.9 Å². The van der Waals surface area contributed by atoms with Gasteiger partial charge in [-0.05, 0) is 63.8 Å². The van der Waals surface area contributed by atoms with Crippen LogP contribution >= 0.6 is 11.6 Å². The summed E-state index contributed by atoms with van der Waals surface area (Å²) in [5, 5.41) is 5.91. The molecule has 6 nitrogen and oxygen atoms in total. The Hall–Kier alpha value is -0.610. The van der Waals surface area contributed by atoms with Crippen molar-refractivity contribution >= 4 is 17.5 Å². The molecule has 3 heterocycles. The van der Waals surface area contributed by atoms with Crippen molar-refractivity contribution in [1.82, 2.24) is 25.6 Å². The van der Waals surface area contributed by atoms with Gasteiger partial charge in [0.1, 0.15) is 6.04 Å². The predicted molar refractivity (Wildman–Crippen MR) is 116 cm³/mol. The number of piperidine rings is 1. The van der Waals surface area contributed by atoms with Crippen molar-refractivity contribution in [2.24, 2.45) is 11.8 Å². The molecule has 2 aliphatic carbocycles. The zero-order valence-electron chi connectivity index (χ0n) is 18.7. The molecule has 3 aliphatic heterocycles. The second kappa shape index (κ2) is 8.87. The van der Waals surface area contributed by atoms with Gasteiger partial charge in [0, 0.05) is 44.1 Å². The Morgan fingerprint density at radius 1 is 1.09 bits per heavy atom. The van der Waals surface area contributed by atoms with Gasteiger partial charge in [-0.15, -0.1) is 11.6 Å². The molecule has 2 N–H and O–H groups in total. The smallest absolute Gasteiger partial charge is 0.333 e. The number of likely N-dealkylation sites (tertiary alicyclic amines) is 1. The Kier molecular flexibility index (Phi) is 6.42. The lowest BCUT2D eigenvalue weighted by Gasteiger charge is -2.53. The fourth-order valence-electron chi connectivity index (χ4n) is 6.78. The molecule has 0 radical (unpaired) electrons. The Balaban J connectivity index is 1.23. The quantitative estimate of drug-likeness (QED) is 0.481. The van der Waals surface area contributed by atoms with Gasteiger partial charge in [0.25, 0.3) is 0 Å². The molecule has 0 aromatic rings. The first kappa shape index (κ1) is 23.1. The van der Waals surface area contributed by atoms with Crippen molar-refractivity contribution in [2.75, 3.05) is 20.1 Å².